The van der Waals surface area contributed by atoms with E-state index in [9.17, 15) is 23.1 Å². The van der Waals surface area contributed by atoms with E-state index in [0.29, 0.717) is 0 Å². The Bertz CT molecular complexity index is 560. The summed E-state index contributed by atoms with van der Waals surface area (Å²) in [5, 5.41) is 9.84. The number of Topliss-reactive ketones (excluding diaryl/α,β-unsaturated/α-hetero) is 1. The SMILES string of the molecule is CN=C/C(C(C)=O)=C(\O)Cc1cccc(C(F)(F)F)c1. The van der Waals surface area contributed by atoms with Crippen molar-refractivity contribution in [3.05, 3.63) is 46.7 Å². The van der Waals surface area contributed by atoms with Gasteiger partial charge in [-0.2, -0.15) is 13.2 Å². The lowest BCUT2D eigenvalue weighted by molar-refractivity contribution is -0.137. The summed E-state index contributed by atoms with van der Waals surface area (Å²) in [5.74, 6) is -0.706. The first-order valence-corrected chi connectivity index (χ1v) is 5.77. The zero-order chi connectivity index (χ0) is 15.3. The van der Waals surface area contributed by atoms with Crippen molar-refractivity contribution in [1.82, 2.24) is 0 Å². The van der Waals surface area contributed by atoms with Crippen molar-refractivity contribution in [1.29, 1.82) is 0 Å². The number of hydrogen-bond acceptors (Lipinski definition) is 3. The smallest absolute Gasteiger partial charge is 0.416 e. The zero-order valence-electron chi connectivity index (χ0n) is 11.0. The Labute approximate surface area is 114 Å². The van der Waals surface area contributed by atoms with Crippen LogP contribution in [0.3, 0.4) is 0 Å². The summed E-state index contributed by atoms with van der Waals surface area (Å²) in [4.78, 5) is 14.9. The number of rotatable bonds is 4. The summed E-state index contributed by atoms with van der Waals surface area (Å²) >= 11 is 0. The van der Waals surface area contributed by atoms with Crippen LogP contribution in [0.1, 0.15) is 18.1 Å². The third-order valence-electron chi connectivity index (χ3n) is 2.57. The van der Waals surface area contributed by atoms with Gasteiger partial charge in [-0.1, -0.05) is 18.2 Å². The van der Waals surface area contributed by atoms with Gasteiger partial charge in [0.25, 0.3) is 0 Å². The molecule has 0 saturated carbocycles. The van der Waals surface area contributed by atoms with Gasteiger partial charge in [0.1, 0.15) is 5.76 Å². The average Bonchev–Trinajstić information content (AvgIpc) is 2.34. The number of aliphatic hydroxyl groups excluding tert-OH is 1. The van der Waals surface area contributed by atoms with Crippen molar-refractivity contribution >= 4 is 12.0 Å². The van der Waals surface area contributed by atoms with Crippen LogP contribution in [0.2, 0.25) is 0 Å². The molecule has 0 spiro atoms. The van der Waals surface area contributed by atoms with Gasteiger partial charge < -0.3 is 5.11 Å². The van der Waals surface area contributed by atoms with Gasteiger partial charge in [-0.3, -0.25) is 9.79 Å². The highest BCUT2D eigenvalue weighted by Crippen LogP contribution is 2.29. The minimum absolute atomic E-state index is 0.00934. The van der Waals surface area contributed by atoms with E-state index in [0.717, 1.165) is 12.1 Å². The lowest BCUT2D eigenvalue weighted by atomic mass is 10.0. The number of nitrogens with zero attached hydrogens (tertiary/aromatic N) is 1. The van der Waals surface area contributed by atoms with Gasteiger partial charge in [-0.25, -0.2) is 0 Å². The normalized spacial score (nSPS) is 13.4. The van der Waals surface area contributed by atoms with Crippen LogP contribution >= 0.6 is 0 Å². The first-order valence-electron chi connectivity index (χ1n) is 5.77. The fourth-order valence-corrected chi connectivity index (χ4v) is 1.64. The van der Waals surface area contributed by atoms with Gasteiger partial charge in [0, 0.05) is 19.7 Å². The van der Waals surface area contributed by atoms with Crippen LogP contribution < -0.4 is 0 Å². The number of carbonyl (C=O) groups excluding carboxylic acids is 1. The third kappa shape index (κ3) is 4.22. The Morgan fingerprint density at radius 2 is 2.05 bits per heavy atom. The standard InChI is InChI=1S/C14H14F3NO2/c1-9(19)12(8-18-2)13(20)7-10-4-3-5-11(6-10)14(15,16)17/h3-6,8,20H,7H2,1-2H3/b13-12+,18-8?. The van der Waals surface area contributed by atoms with E-state index >= 15 is 0 Å². The van der Waals surface area contributed by atoms with Crippen molar-refractivity contribution in [3.63, 3.8) is 0 Å². The van der Waals surface area contributed by atoms with Gasteiger partial charge in [0.05, 0.1) is 11.1 Å². The molecule has 0 aliphatic heterocycles. The van der Waals surface area contributed by atoms with Crippen molar-refractivity contribution in [2.24, 2.45) is 4.99 Å². The van der Waals surface area contributed by atoms with Crippen molar-refractivity contribution in [2.75, 3.05) is 7.05 Å². The molecule has 0 saturated heterocycles. The van der Waals surface area contributed by atoms with Gasteiger partial charge in [-0.05, 0) is 18.6 Å². The van der Waals surface area contributed by atoms with Crippen LogP contribution in [0.25, 0.3) is 0 Å². The number of benzene rings is 1. The molecule has 0 fully saturated rings. The zero-order valence-corrected chi connectivity index (χ0v) is 11.0. The van der Waals surface area contributed by atoms with E-state index in [1.807, 2.05) is 0 Å². The number of ketones is 1. The first-order chi connectivity index (χ1) is 9.25. The van der Waals surface area contributed by atoms with E-state index in [4.69, 9.17) is 0 Å². The van der Waals surface area contributed by atoms with E-state index in [1.54, 1.807) is 0 Å². The molecule has 20 heavy (non-hydrogen) atoms. The van der Waals surface area contributed by atoms with Crippen molar-refractivity contribution < 1.29 is 23.1 Å². The number of alkyl halides is 3. The maximum Gasteiger partial charge on any atom is 0.416 e. The van der Waals surface area contributed by atoms with Gasteiger partial charge in [0.2, 0.25) is 0 Å². The predicted octanol–water partition coefficient (Wildman–Crippen LogP) is 3.35. The van der Waals surface area contributed by atoms with Gasteiger partial charge in [-0.15, -0.1) is 0 Å². The highest BCUT2D eigenvalue weighted by Gasteiger charge is 2.30. The van der Waals surface area contributed by atoms with E-state index in [-0.39, 0.29) is 23.3 Å². The van der Waals surface area contributed by atoms with Crippen LogP contribution in [0.5, 0.6) is 0 Å². The molecule has 0 unspecified atom stereocenters. The highest BCUT2D eigenvalue weighted by molar-refractivity contribution is 6.12. The number of hydrogen-bond donors (Lipinski definition) is 1. The largest absolute Gasteiger partial charge is 0.511 e. The number of allylic oxidation sites excluding steroid dienone is 2. The Hall–Kier alpha value is -2.11. The predicted molar refractivity (Wildman–Crippen MR) is 69.9 cm³/mol. The number of aliphatic hydroxyl groups is 1. The topological polar surface area (TPSA) is 49.7 Å². The summed E-state index contributed by atoms with van der Waals surface area (Å²) in [6, 6.07) is 4.60. The summed E-state index contributed by atoms with van der Waals surface area (Å²) in [5.41, 5.74) is -0.540. The summed E-state index contributed by atoms with van der Waals surface area (Å²) in [6.45, 7) is 1.25. The quantitative estimate of drug-likeness (QED) is 0.524. The van der Waals surface area contributed by atoms with Crippen LogP contribution in [0.4, 0.5) is 13.2 Å². The maximum atomic E-state index is 12.6. The van der Waals surface area contributed by atoms with Gasteiger partial charge >= 0.3 is 6.18 Å². The average molecular weight is 285 g/mol. The molecule has 1 aromatic carbocycles. The molecule has 0 aromatic heterocycles. The monoisotopic (exact) mass is 285 g/mol. The summed E-state index contributed by atoms with van der Waals surface area (Å²) in [6.07, 6.45) is -3.42. The van der Waals surface area contributed by atoms with Crippen molar-refractivity contribution in [3.8, 4) is 0 Å². The fourth-order valence-electron chi connectivity index (χ4n) is 1.64. The molecule has 0 aliphatic carbocycles. The molecule has 0 aliphatic rings. The molecular formula is C14H14F3NO2. The fraction of sp³-hybridized carbons (Fsp3) is 0.286. The van der Waals surface area contributed by atoms with Crippen molar-refractivity contribution in [2.45, 2.75) is 19.5 Å². The minimum Gasteiger partial charge on any atom is -0.511 e. The van der Waals surface area contributed by atoms with E-state index in [1.165, 1.54) is 32.3 Å². The molecule has 1 rings (SSSR count). The maximum absolute atomic E-state index is 12.6. The van der Waals surface area contributed by atoms with E-state index in [2.05, 4.69) is 4.99 Å². The molecule has 0 heterocycles. The molecule has 0 bridgehead atoms. The Morgan fingerprint density at radius 1 is 1.40 bits per heavy atom. The summed E-state index contributed by atoms with van der Waals surface area (Å²) in [7, 11) is 1.43. The minimum atomic E-state index is -4.44. The molecular weight excluding hydrogens is 271 g/mol. The Morgan fingerprint density at radius 3 is 2.55 bits per heavy atom. The van der Waals surface area contributed by atoms with Crippen LogP contribution in [0.15, 0.2) is 40.6 Å². The number of carbonyl (C=O) groups is 1. The van der Waals surface area contributed by atoms with Crippen LogP contribution in [-0.2, 0) is 17.4 Å². The highest BCUT2D eigenvalue weighted by atomic mass is 19.4. The van der Waals surface area contributed by atoms with Gasteiger partial charge in [0.15, 0.2) is 5.78 Å². The molecule has 6 heteroatoms. The Kier molecular flexibility index (Phi) is 5.07. The molecule has 3 nitrogen and oxygen atoms in total. The van der Waals surface area contributed by atoms with E-state index < -0.39 is 17.5 Å². The first kappa shape index (κ1) is 15.9. The Balaban J connectivity index is 3.10. The molecule has 1 aromatic rings. The van der Waals surface area contributed by atoms with Crippen LogP contribution in [0, 0.1) is 0 Å². The molecule has 1 N–H and O–H groups in total. The number of halogens is 3. The van der Waals surface area contributed by atoms with Crippen LogP contribution in [-0.4, -0.2) is 24.2 Å². The lowest BCUT2D eigenvalue weighted by Gasteiger charge is -2.09. The molecule has 108 valence electrons. The second-order valence-electron chi connectivity index (χ2n) is 4.18. The molecule has 0 radical (unpaired) electrons. The number of aliphatic imine (C=N–C) groups is 1. The molecule has 0 amide bonds. The summed E-state index contributed by atoms with van der Waals surface area (Å²) < 4.78 is 37.7. The second-order valence-corrected chi connectivity index (χ2v) is 4.18. The molecule has 0 atom stereocenters. The lowest BCUT2D eigenvalue weighted by Crippen LogP contribution is -2.07. The third-order valence-corrected chi connectivity index (χ3v) is 2.57. The second kappa shape index (κ2) is 6.36.